The largest absolute Gasteiger partial charge is 0.361 e. The Hall–Kier alpha value is -0.920. The van der Waals surface area contributed by atoms with E-state index < -0.39 is 10.2 Å². The molecule has 19 heavy (non-hydrogen) atoms. The summed E-state index contributed by atoms with van der Waals surface area (Å²) in [5.41, 5.74) is 0.633. The van der Waals surface area contributed by atoms with Gasteiger partial charge < -0.3 is 4.52 Å². The molecule has 6 nitrogen and oxygen atoms in total. The fourth-order valence-corrected chi connectivity index (χ4v) is 3.58. The van der Waals surface area contributed by atoms with Crippen LogP contribution in [0.25, 0.3) is 0 Å². The van der Waals surface area contributed by atoms with Gasteiger partial charge in [-0.3, -0.25) is 0 Å². The van der Waals surface area contributed by atoms with Gasteiger partial charge in [-0.1, -0.05) is 12.1 Å². The summed E-state index contributed by atoms with van der Waals surface area (Å²) in [5.74, 6) is 1.29. The first-order chi connectivity index (χ1) is 8.89. The zero-order chi connectivity index (χ0) is 14.0. The van der Waals surface area contributed by atoms with Crippen LogP contribution >= 0.6 is 0 Å². The minimum absolute atomic E-state index is 0.242. The Balaban J connectivity index is 2.02. The maximum Gasteiger partial charge on any atom is 0.282 e. The summed E-state index contributed by atoms with van der Waals surface area (Å²) in [6, 6.07) is 1.75. The smallest absolute Gasteiger partial charge is 0.282 e. The van der Waals surface area contributed by atoms with E-state index in [0.29, 0.717) is 30.5 Å². The second-order valence-electron chi connectivity index (χ2n) is 5.27. The van der Waals surface area contributed by atoms with Gasteiger partial charge in [0.25, 0.3) is 10.2 Å². The number of rotatable bonds is 4. The Labute approximate surface area is 114 Å². The number of nitrogens with zero attached hydrogens (tertiary/aromatic N) is 3. The topological polar surface area (TPSA) is 66.7 Å². The Morgan fingerprint density at radius 3 is 2.63 bits per heavy atom. The quantitative estimate of drug-likeness (QED) is 0.839. The van der Waals surface area contributed by atoms with Crippen molar-refractivity contribution in [1.29, 1.82) is 0 Å². The molecule has 1 aromatic heterocycles. The van der Waals surface area contributed by atoms with E-state index in [-0.39, 0.29) is 6.54 Å². The lowest BCUT2D eigenvalue weighted by atomic mass is 10.0. The first-order valence-corrected chi connectivity index (χ1v) is 7.93. The van der Waals surface area contributed by atoms with E-state index in [1.165, 1.54) is 4.31 Å². The average molecular weight is 287 g/mol. The molecule has 2 rings (SSSR count). The highest BCUT2D eigenvalue weighted by atomic mass is 32.2. The Kier molecular flexibility index (Phi) is 4.27. The molecule has 0 aliphatic carbocycles. The maximum absolute atomic E-state index is 12.4. The minimum atomic E-state index is -3.39. The highest BCUT2D eigenvalue weighted by molar-refractivity contribution is 7.86. The van der Waals surface area contributed by atoms with Gasteiger partial charge in [0.1, 0.15) is 5.76 Å². The third-order valence-corrected chi connectivity index (χ3v) is 5.46. The molecule has 1 fully saturated rings. The summed E-state index contributed by atoms with van der Waals surface area (Å²) in [6.07, 6.45) is 1.85. The van der Waals surface area contributed by atoms with Crippen LogP contribution in [0.4, 0.5) is 0 Å². The second kappa shape index (κ2) is 5.60. The fraction of sp³-hybridized carbons (Fsp3) is 0.750. The summed E-state index contributed by atoms with van der Waals surface area (Å²) < 4.78 is 32.6. The molecule has 2 heterocycles. The molecule has 1 saturated heterocycles. The highest BCUT2D eigenvalue weighted by Gasteiger charge is 2.30. The molecule has 0 N–H and O–H groups in total. The van der Waals surface area contributed by atoms with Gasteiger partial charge >= 0.3 is 0 Å². The predicted molar refractivity (Wildman–Crippen MR) is 71.6 cm³/mol. The summed E-state index contributed by atoms with van der Waals surface area (Å²) in [5, 5.41) is 3.83. The Morgan fingerprint density at radius 2 is 2.11 bits per heavy atom. The molecular formula is C12H21N3O3S. The molecule has 1 aliphatic heterocycles. The summed E-state index contributed by atoms with van der Waals surface area (Å²) in [7, 11) is -1.81. The fourth-order valence-electron chi connectivity index (χ4n) is 2.21. The maximum atomic E-state index is 12.4. The summed E-state index contributed by atoms with van der Waals surface area (Å²) in [4.78, 5) is 0. The standard InChI is InChI=1S/C12H21N3O3S/c1-10-4-6-15(7-5-10)19(16,17)14(3)9-12-8-11(2)18-13-12/h8,10H,4-7,9H2,1-3H3. The number of piperidine rings is 1. The van der Waals surface area contributed by atoms with Gasteiger partial charge in [0.05, 0.1) is 12.2 Å². The van der Waals surface area contributed by atoms with Gasteiger partial charge in [-0.25, -0.2) is 0 Å². The molecule has 1 aromatic rings. The zero-order valence-corrected chi connectivity index (χ0v) is 12.5. The van der Waals surface area contributed by atoms with E-state index in [9.17, 15) is 8.42 Å². The number of aryl methyl sites for hydroxylation is 1. The molecule has 1 aliphatic rings. The van der Waals surface area contributed by atoms with Crippen molar-refractivity contribution < 1.29 is 12.9 Å². The molecular weight excluding hydrogens is 266 g/mol. The second-order valence-corrected chi connectivity index (χ2v) is 7.31. The van der Waals surface area contributed by atoms with E-state index in [1.807, 2.05) is 0 Å². The molecule has 0 radical (unpaired) electrons. The number of hydrogen-bond donors (Lipinski definition) is 0. The monoisotopic (exact) mass is 287 g/mol. The van der Waals surface area contributed by atoms with Gasteiger partial charge in [0, 0.05) is 26.2 Å². The van der Waals surface area contributed by atoms with Crippen LogP contribution in [0.3, 0.4) is 0 Å². The van der Waals surface area contributed by atoms with E-state index in [2.05, 4.69) is 12.1 Å². The minimum Gasteiger partial charge on any atom is -0.361 e. The van der Waals surface area contributed by atoms with Crippen molar-refractivity contribution in [3.8, 4) is 0 Å². The van der Waals surface area contributed by atoms with Crippen molar-refractivity contribution in [2.24, 2.45) is 5.92 Å². The van der Waals surface area contributed by atoms with Crippen molar-refractivity contribution in [1.82, 2.24) is 13.8 Å². The van der Waals surface area contributed by atoms with Crippen molar-refractivity contribution in [2.45, 2.75) is 33.2 Å². The molecule has 108 valence electrons. The molecule has 0 aromatic carbocycles. The molecule has 0 unspecified atom stereocenters. The van der Waals surface area contributed by atoms with Crippen LogP contribution in [0.15, 0.2) is 10.6 Å². The van der Waals surface area contributed by atoms with Crippen LogP contribution in [-0.2, 0) is 16.8 Å². The average Bonchev–Trinajstić information content (AvgIpc) is 2.75. The van der Waals surface area contributed by atoms with E-state index in [1.54, 1.807) is 24.3 Å². The van der Waals surface area contributed by atoms with E-state index in [0.717, 1.165) is 12.8 Å². The van der Waals surface area contributed by atoms with Crippen LogP contribution in [-0.4, -0.2) is 42.3 Å². The van der Waals surface area contributed by atoms with Crippen LogP contribution in [0.5, 0.6) is 0 Å². The van der Waals surface area contributed by atoms with Gasteiger partial charge in [-0.15, -0.1) is 0 Å². The Bertz CT molecular complexity index is 518. The van der Waals surface area contributed by atoms with Crippen LogP contribution in [0, 0.1) is 12.8 Å². The normalized spacial score (nSPS) is 19.2. The third-order valence-electron chi connectivity index (χ3n) is 3.52. The van der Waals surface area contributed by atoms with Crippen molar-refractivity contribution in [2.75, 3.05) is 20.1 Å². The van der Waals surface area contributed by atoms with Gasteiger partial charge in [0.2, 0.25) is 0 Å². The van der Waals surface area contributed by atoms with Crippen LogP contribution in [0.2, 0.25) is 0 Å². The summed E-state index contributed by atoms with van der Waals surface area (Å²) >= 11 is 0. The SMILES string of the molecule is Cc1cc(CN(C)S(=O)(=O)N2CCC(C)CC2)no1. The zero-order valence-electron chi connectivity index (χ0n) is 11.7. The van der Waals surface area contributed by atoms with E-state index in [4.69, 9.17) is 4.52 Å². The molecule has 0 atom stereocenters. The van der Waals surface area contributed by atoms with Crippen molar-refractivity contribution in [3.63, 3.8) is 0 Å². The van der Waals surface area contributed by atoms with E-state index >= 15 is 0 Å². The molecule has 7 heteroatoms. The first-order valence-electron chi connectivity index (χ1n) is 6.53. The Morgan fingerprint density at radius 1 is 1.47 bits per heavy atom. The molecule has 0 spiro atoms. The molecule has 0 saturated carbocycles. The van der Waals surface area contributed by atoms with Crippen LogP contribution < -0.4 is 0 Å². The lowest BCUT2D eigenvalue weighted by Crippen LogP contribution is -2.45. The van der Waals surface area contributed by atoms with Gasteiger partial charge in [-0.2, -0.15) is 17.0 Å². The third kappa shape index (κ3) is 3.34. The highest BCUT2D eigenvalue weighted by Crippen LogP contribution is 2.21. The predicted octanol–water partition coefficient (Wildman–Crippen LogP) is 1.39. The molecule has 0 amide bonds. The molecule has 0 bridgehead atoms. The lowest BCUT2D eigenvalue weighted by molar-refractivity contribution is 0.268. The van der Waals surface area contributed by atoms with Gasteiger partial charge in [-0.05, 0) is 25.7 Å². The lowest BCUT2D eigenvalue weighted by Gasteiger charge is -2.32. The van der Waals surface area contributed by atoms with Crippen molar-refractivity contribution >= 4 is 10.2 Å². The first kappa shape index (κ1) is 14.5. The van der Waals surface area contributed by atoms with Crippen LogP contribution in [0.1, 0.15) is 31.2 Å². The van der Waals surface area contributed by atoms with Crippen molar-refractivity contribution in [3.05, 3.63) is 17.5 Å². The summed E-state index contributed by atoms with van der Waals surface area (Å²) in [6.45, 7) is 5.39. The number of hydrogen-bond acceptors (Lipinski definition) is 4. The van der Waals surface area contributed by atoms with Gasteiger partial charge in [0.15, 0.2) is 0 Å². The number of aromatic nitrogens is 1.